The van der Waals surface area contributed by atoms with Gasteiger partial charge in [0, 0.05) is 11.5 Å². The van der Waals surface area contributed by atoms with Crippen LogP contribution in [0.1, 0.15) is 42.4 Å². The molecule has 0 saturated heterocycles. The normalized spacial score (nSPS) is 29.3. The van der Waals surface area contributed by atoms with Crippen LogP contribution in [0, 0.1) is 18.8 Å². The van der Waals surface area contributed by atoms with Crippen LogP contribution in [0.25, 0.3) is 5.57 Å². The van der Waals surface area contributed by atoms with Crippen LogP contribution in [0.4, 0.5) is 0 Å². The van der Waals surface area contributed by atoms with E-state index in [1.54, 1.807) is 0 Å². The van der Waals surface area contributed by atoms with Gasteiger partial charge >= 0.3 is 0 Å². The molecule has 1 fully saturated rings. The largest absolute Gasteiger partial charge is 0.294 e. The van der Waals surface area contributed by atoms with Crippen molar-refractivity contribution in [1.82, 2.24) is 0 Å². The van der Waals surface area contributed by atoms with Crippen molar-refractivity contribution in [3.8, 4) is 0 Å². The van der Waals surface area contributed by atoms with Gasteiger partial charge in [-0.3, -0.25) is 4.79 Å². The summed E-state index contributed by atoms with van der Waals surface area (Å²) in [6.07, 6.45) is 5.95. The van der Waals surface area contributed by atoms with Gasteiger partial charge in [-0.25, -0.2) is 0 Å². The number of aryl methyl sites for hydroxylation is 1. The van der Waals surface area contributed by atoms with Crippen LogP contribution in [0.15, 0.2) is 23.8 Å². The predicted octanol–water partition coefficient (Wildman–Crippen LogP) is 3.69. The molecule has 1 aromatic carbocycles. The number of Topliss-reactive ketones (excluding diaryl/α,β-unsaturated/α-hetero) is 1. The van der Waals surface area contributed by atoms with Gasteiger partial charge < -0.3 is 0 Å². The van der Waals surface area contributed by atoms with Crippen LogP contribution < -0.4 is 0 Å². The van der Waals surface area contributed by atoms with E-state index in [1.165, 1.54) is 41.5 Å². The number of fused-ring (bicyclic) bond motifs is 4. The molecule has 4 rings (SSSR count). The van der Waals surface area contributed by atoms with Crippen molar-refractivity contribution in [2.45, 2.75) is 39.0 Å². The van der Waals surface area contributed by atoms with Gasteiger partial charge in [0.2, 0.25) is 0 Å². The summed E-state index contributed by atoms with van der Waals surface area (Å²) in [5.41, 5.74) is 6.49. The molecule has 1 aromatic rings. The van der Waals surface area contributed by atoms with E-state index in [-0.39, 0.29) is 0 Å². The minimum Gasteiger partial charge on any atom is -0.294 e. The number of hydrogen-bond donors (Lipinski definition) is 0. The molecule has 2 unspecified atom stereocenters. The molecule has 0 aromatic heterocycles. The third-order valence-electron chi connectivity index (χ3n) is 5.03. The molecule has 0 N–H and O–H groups in total. The smallest absolute Gasteiger partial charge is 0.167 e. The molecular formula is C17H18O. The summed E-state index contributed by atoms with van der Waals surface area (Å²) in [5.74, 6) is 1.37. The van der Waals surface area contributed by atoms with E-state index >= 15 is 0 Å². The first kappa shape index (κ1) is 10.5. The van der Waals surface area contributed by atoms with E-state index in [9.17, 15) is 4.79 Å². The average Bonchev–Trinajstić information content (AvgIpc) is 2.87. The van der Waals surface area contributed by atoms with Crippen LogP contribution in [0.5, 0.6) is 0 Å². The molecule has 0 radical (unpaired) electrons. The molecule has 1 nitrogen and oxygen atoms in total. The Kier molecular flexibility index (Phi) is 2.09. The predicted molar refractivity (Wildman–Crippen MR) is 72.3 cm³/mol. The maximum absolute atomic E-state index is 12.6. The quantitative estimate of drug-likeness (QED) is 0.673. The molecule has 2 atom stereocenters. The van der Waals surface area contributed by atoms with Gasteiger partial charge in [0.15, 0.2) is 5.78 Å². The molecule has 0 spiro atoms. The van der Waals surface area contributed by atoms with Crippen LogP contribution >= 0.6 is 0 Å². The second-order valence-corrected chi connectivity index (χ2v) is 6.10. The second kappa shape index (κ2) is 3.57. The van der Waals surface area contributed by atoms with Crippen LogP contribution in [-0.2, 0) is 11.2 Å². The average molecular weight is 238 g/mol. The summed E-state index contributed by atoms with van der Waals surface area (Å²) in [6, 6.07) is 6.60. The van der Waals surface area contributed by atoms with Crippen molar-refractivity contribution in [3.63, 3.8) is 0 Å². The topological polar surface area (TPSA) is 17.1 Å². The Labute approximate surface area is 108 Å². The Balaban J connectivity index is 1.85. The minimum absolute atomic E-state index is 0.331. The van der Waals surface area contributed by atoms with Gasteiger partial charge in [-0.2, -0.15) is 0 Å². The van der Waals surface area contributed by atoms with Crippen LogP contribution in [0.3, 0.4) is 0 Å². The summed E-state index contributed by atoms with van der Waals surface area (Å²) >= 11 is 0. The third kappa shape index (κ3) is 1.25. The zero-order valence-electron chi connectivity index (χ0n) is 10.8. The van der Waals surface area contributed by atoms with Crippen LogP contribution in [-0.4, -0.2) is 5.78 Å². The summed E-state index contributed by atoms with van der Waals surface area (Å²) in [5, 5.41) is 0. The van der Waals surface area contributed by atoms with Crippen molar-refractivity contribution < 1.29 is 4.79 Å². The van der Waals surface area contributed by atoms with Gasteiger partial charge in [-0.05, 0) is 43.2 Å². The van der Waals surface area contributed by atoms with Gasteiger partial charge in [0.25, 0.3) is 0 Å². The Bertz CT molecular complexity index is 579. The molecule has 3 aliphatic carbocycles. The fourth-order valence-corrected chi connectivity index (χ4v) is 4.20. The van der Waals surface area contributed by atoms with Gasteiger partial charge in [-0.15, -0.1) is 0 Å². The highest BCUT2D eigenvalue weighted by atomic mass is 16.1. The van der Waals surface area contributed by atoms with Gasteiger partial charge in [0.1, 0.15) is 0 Å². The fraction of sp³-hybridized carbons (Fsp3) is 0.471. The lowest BCUT2D eigenvalue weighted by molar-refractivity contribution is -0.118. The molecule has 0 amide bonds. The summed E-state index contributed by atoms with van der Waals surface area (Å²) in [7, 11) is 0. The van der Waals surface area contributed by atoms with Crippen molar-refractivity contribution in [2.24, 2.45) is 11.8 Å². The van der Waals surface area contributed by atoms with Gasteiger partial charge in [-0.1, -0.05) is 42.2 Å². The zero-order valence-corrected chi connectivity index (χ0v) is 10.8. The first-order chi connectivity index (χ1) is 8.75. The molecular weight excluding hydrogens is 220 g/mol. The van der Waals surface area contributed by atoms with E-state index in [0.29, 0.717) is 17.6 Å². The molecule has 1 saturated carbocycles. The van der Waals surface area contributed by atoms with Crippen molar-refractivity contribution in [2.75, 3.05) is 0 Å². The summed E-state index contributed by atoms with van der Waals surface area (Å²) < 4.78 is 0. The lowest BCUT2D eigenvalue weighted by Crippen LogP contribution is -2.23. The summed E-state index contributed by atoms with van der Waals surface area (Å²) in [4.78, 5) is 12.6. The van der Waals surface area contributed by atoms with E-state index in [2.05, 4.69) is 25.1 Å². The molecule has 0 bridgehead atoms. The number of rotatable bonds is 0. The number of ketones is 1. The van der Waals surface area contributed by atoms with Gasteiger partial charge in [0.05, 0.1) is 0 Å². The van der Waals surface area contributed by atoms with E-state index in [4.69, 9.17) is 0 Å². The van der Waals surface area contributed by atoms with E-state index in [1.807, 2.05) is 0 Å². The fourth-order valence-electron chi connectivity index (χ4n) is 4.20. The van der Waals surface area contributed by atoms with Crippen LogP contribution in [0.2, 0.25) is 0 Å². The molecule has 0 heterocycles. The minimum atomic E-state index is 0.331. The monoisotopic (exact) mass is 238 g/mol. The molecule has 18 heavy (non-hydrogen) atoms. The van der Waals surface area contributed by atoms with E-state index < -0.39 is 0 Å². The maximum atomic E-state index is 12.6. The highest BCUT2D eigenvalue weighted by molar-refractivity contribution is 6.26. The summed E-state index contributed by atoms with van der Waals surface area (Å²) in [6.45, 7) is 2.12. The molecule has 92 valence electrons. The Morgan fingerprint density at radius 1 is 1.11 bits per heavy atom. The zero-order chi connectivity index (χ0) is 12.3. The van der Waals surface area contributed by atoms with Crippen molar-refractivity contribution in [1.29, 1.82) is 0 Å². The first-order valence-corrected chi connectivity index (χ1v) is 7.13. The highest BCUT2D eigenvalue weighted by Gasteiger charge is 2.45. The number of carbonyl (C=O) groups excluding carboxylic acids is 1. The van der Waals surface area contributed by atoms with Crippen molar-refractivity contribution in [3.05, 3.63) is 40.5 Å². The Morgan fingerprint density at radius 2 is 1.89 bits per heavy atom. The third-order valence-corrected chi connectivity index (χ3v) is 5.03. The lowest BCUT2D eigenvalue weighted by Gasteiger charge is -2.26. The number of allylic oxidation sites excluding steroid dienone is 2. The first-order valence-electron chi connectivity index (χ1n) is 7.13. The maximum Gasteiger partial charge on any atom is 0.167 e. The molecule has 1 heteroatoms. The highest BCUT2D eigenvalue weighted by Crippen LogP contribution is 2.51. The number of hydrogen-bond acceptors (Lipinski definition) is 1. The second-order valence-electron chi connectivity index (χ2n) is 6.10. The number of carbonyl (C=O) groups is 1. The Hall–Kier alpha value is -1.37. The molecule has 3 aliphatic rings. The lowest BCUT2D eigenvalue weighted by atomic mass is 9.77. The Morgan fingerprint density at radius 3 is 2.72 bits per heavy atom. The van der Waals surface area contributed by atoms with Crippen molar-refractivity contribution >= 4 is 11.4 Å². The number of benzene rings is 1. The SMILES string of the molecule is Cc1ccc2c(c1)C1=C(C2)C2CCCCC2C1=O. The standard InChI is InChI=1S/C17H18O/c1-10-6-7-11-9-15-12-4-2-3-5-13(12)17(18)16(15)14(11)8-10/h6-8,12-13H,2-5,9H2,1H3. The molecule has 0 aliphatic heterocycles. The van der Waals surface area contributed by atoms with E-state index in [0.717, 1.165) is 18.4 Å².